The fraction of sp³-hybridized carbons (Fsp3) is 0.125. The third kappa shape index (κ3) is 8.30. The Balaban J connectivity index is 0. The smallest absolute Gasteiger partial charge is 0.134 e. The summed E-state index contributed by atoms with van der Waals surface area (Å²) in [6.07, 6.45) is 0. The van der Waals surface area contributed by atoms with Crippen molar-refractivity contribution in [2.24, 2.45) is 0 Å². The van der Waals surface area contributed by atoms with Gasteiger partial charge < -0.3 is 15.0 Å². The average molecular weight is 287 g/mol. The van der Waals surface area contributed by atoms with Crippen LogP contribution in [-0.4, -0.2) is 11.1 Å². The molecule has 1 N–H and O–H groups in total. The predicted octanol–water partition coefficient (Wildman–Crippen LogP) is 1.45. The van der Waals surface area contributed by atoms with Crippen LogP contribution in [0.4, 0.5) is 0 Å². The molecular formula is C8H7Cl2O3Zn-. The summed E-state index contributed by atoms with van der Waals surface area (Å²) in [5.41, 5.74) is 0. The summed E-state index contributed by atoms with van der Waals surface area (Å²) in [5.74, 6) is -1.03. The van der Waals surface area contributed by atoms with E-state index in [1.54, 1.807) is 6.07 Å². The molecule has 0 fully saturated rings. The first-order chi connectivity index (χ1) is 5.93. The molecule has 1 aromatic rings. The van der Waals surface area contributed by atoms with Gasteiger partial charge in [-0.1, -0.05) is 23.2 Å². The molecule has 0 aliphatic carbocycles. The van der Waals surface area contributed by atoms with Crippen molar-refractivity contribution in [3.63, 3.8) is 0 Å². The van der Waals surface area contributed by atoms with Crippen LogP contribution in [0.25, 0.3) is 0 Å². The van der Waals surface area contributed by atoms with Gasteiger partial charge in [0.05, 0.1) is 5.02 Å². The van der Waals surface area contributed by atoms with E-state index in [4.69, 9.17) is 38.2 Å². The van der Waals surface area contributed by atoms with Crippen LogP contribution in [0.1, 0.15) is 6.92 Å². The van der Waals surface area contributed by atoms with Gasteiger partial charge in [-0.15, -0.1) is 0 Å². The molecule has 0 aliphatic heterocycles. The van der Waals surface area contributed by atoms with Crippen molar-refractivity contribution in [1.82, 2.24) is 0 Å². The Bertz CT molecular complexity index is 301. The summed E-state index contributed by atoms with van der Waals surface area (Å²) in [5, 5.41) is 18.5. The minimum Gasteiger partial charge on any atom is -0.550 e. The van der Waals surface area contributed by atoms with Gasteiger partial charge >= 0.3 is 0 Å². The van der Waals surface area contributed by atoms with E-state index in [1.165, 1.54) is 12.1 Å². The average Bonchev–Trinajstić information content (AvgIpc) is 1.96. The van der Waals surface area contributed by atoms with Crippen molar-refractivity contribution in [1.29, 1.82) is 0 Å². The number of hydrogen-bond donors (Lipinski definition) is 1. The number of aromatic hydroxyl groups is 1. The molecule has 0 aromatic heterocycles. The Morgan fingerprint density at radius 1 is 1.43 bits per heavy atom. The van der Waals surface area contributed by atoms with Crippen LogP contribution < -0.4 is 5.11 Å². The minimum atomic E-state index is -1.08. The van der Waals surface area contributed by atoms with Crippen molar-refractivity contribution in [2.45, 2.75) is 6.92 Å². The fourth-order valence-electron chi connectivity index (χ4n) is 0.481. The van der Waals surface area contributed by atoms with Crippen LogP contribution >= 0.6 is 23.2 Å². The van der Waals surface area contributed by atoms with Crippen LogP contribution in [0, 0.1) is 0 Å². The summed E-state index contributed by atoms with van der Waals surface area (Å²) < 4.78 is 0. The number of rotatable bonds is 0. The summed E-state index contributed by atoms with van der Waals surface area (Å²) >= 11 is 11.0. The molecule has 0 heterocycles. The number of carboxylic acid groups (broad SMARTS) is 1. The topological polar surface area (TPSA) is 60.4 Å². The van der Waals surface area contributed by atoms with E-state index in [0.717, 1.165) is 6.92 Å². The molecule has 14 heavy (non-hydrogen) atoms. The molecule has 0 saturated heterocycles. The zero-order valence-corrected chi connectivity index (χ0v) is 11.9. The molecule has 1 rings (SSSR count). The molecule has 0 amide bonds. The van der Waals surface area contributed by atoms with Gasteiger partial charge in [0, 0.05) is 30.5 Å². The van der Waals surface area contributed by atoms with Crippen molar-refractivity contribution in [3.05, 3.63) is 28.2 Å². The van der Waals surface area contributed by atoms with Crippen molar-refractivity contribution in [2.75, 3.05) is 0 Å². The van der Waals surface area contributed by atoms with Gasteiger partial charge in [0.15, 0.2) is 0 Å². The number of benzene rings is 1. The van der Waals surface area contributed by atoms with Gasteiger partial charge in [-0.05, 0) is 25.1 Å². The molecule has 0 aliphatic rings. The molecule has 0 spiro atoms. The maximum absolute atomic E-state index is 8.89. The minimum absolute atomic E-state index is 0. The zero-order valence-electron chi connectivity index (χ0n) is 7.46. The summed E-state index contributed by atoms with van der Waals surface area (Å²) in [6, 6.07) is 4.51. The quantitative estimate of drug-likeness (QED) is 0.735. The van der Waals surface area contributed by atoms with Gasteiger partial charge in [0.1, 0.15) is 5.75 Å². The summed E-state index contributed by atoms with van der Waals surface area (Å²) in [6.45, 7) is 0.972. The van der Waals surface area contributed by atoms with Crippen LogP contribution in [-0.2, 0) is 24.3 Å². The van der Waals surface area contributed by atoms with E-state index in [-0.39, 0.29) is 30.3 Å². The SMILES string of the molecule is CC(=O)[O-].Oc1ccc(Cl)cc1Cl.[Zn]. The standard InChI is InChI=1S/C6H4Cl2O.C2H4O2.Zn/c7-4-1-2-6(9)5(8)3-4;1-2(3)4;/h1-3,9H;1H3,(H,3,4);/p-1. The molecule has 6 heteroatoms. The van der Waals surface area contributed by atoms with Crippen LogP contribution in [0.5, 0.6) is 5.75 Å². The first-order valence-corrected chi connectivity index (χ1v) is 4.00. The second-order valence-corrected chi connectivity index (χ2v) is 2.93. The molecule has 0 radical (unpaired) electrons. The van der Waals surface area contributed by atoms with E-state index >= 15 is 0 Å². The second-order valence-electron chi connectivity index (χ2n) is 2.09. The number of halogens is 2. The molecule has 0 atom stereocenters. The van der Waals surface area contributed by atoms with E-state index in [0.29, 0.717) is 5.02 Å². The fourth-order valence-corrected chi connectivity index (χ4v) is 0.890. The predicted molar refractivity (Wildman–Crippen MR) is 48.8 cm³/mol. The van der Waals surface area contributed by atoms with Gasteiger partial charge in [-0.3, -0.25) is 0 Å². The normalized spacial score (nSPS) is 7.93. The van der Waals surface area contributed by atoms with Crippen LogP contribution in [0.2, 0.25) is 10.0 Å². The Morgan fingerprint density at radius 2 is 1.86 bits per heavy atom. The van der Waals surface area contributed by atoms with Crippen LogP contribution in [0.15, 0.2) is 18.2 Å². The molecule has 3 nitrogen and oxygen atoms in total. The van der Waals surface area contributed by atoms with Crippen molar-refractivity contribution < 1.29 is 34.5 Å². The van der Waals surface area contributed by atoms with Gasteiger partial charge in [0.2, 0.25) is 0 Å². The summed E-state index contributed by atoms with van der Waals surface area (Å²) in [4.78, 5) is 8.89. The number of carboxylic acids is 1. The monoisotopic (exact) mass is 285 g/mol. The van der Waals surface area contributed by atoms with E-state index in [1.807, 2.05) is 0 Å². The second kappa shape index (κ2) is 8.04. The first-order valence-electron chi connectivity index (χ1n) is 3.25. The van der Waals surface area contributed by atoms with Gasteiger partial charge in [0.25, 0.3) is 0 Å². The van der Waals surface area contributed by atoms with Crippen LogP contribution in [0.3, 0.4) is 0 Å². The number of carbonyl (C=O) groups excluding carboxylic acids is 1. The third-order valence-corrected chi connectivity index (χ3v) is 1.45. The molecule has 0 bridgehead atoms. The Labute approximate surface area is 104 Å². The van der Waals surface area contributed by atoms with Gasteiger partial charge in [-0.25, -0.2) is 0 Å². The Hall–Kier alpha value is -0.307. The van der Waals surface area contributed by atoms with E-state index < -0.39 is 5.97 Å². The number of hydrogen-bond acceptors (Lipinski definition) is 3. The molecule has 1 aromatic carbocycles. The largest absolute Gasteiger partial charge is 0.550 e. The Kier molecular flexibility index (Phi) is 9.27. The molecule has 74 valence electrons. The van der Waals surface area contributed by atoms with E-state index in [2.05, 4.69) is 0 Å². The van der Waals surface area contributed by atoms with E-state index in [9.17, 15) is 0 Å². The number of aliphatic carboxylic acids is 1. The maximum Gasteiger partial charge on any atom is 0.134 e. The Morgan fingerprint density at radius 3 is 2.14 bits per heavy atom. The molecule has 0 unspecified atom stereocenters. The van der Waals surface area contributed by atoms with Crippen molar-refractivity contribution in [3.8, 4) is 5.75 Å². The third-order valence-electron chi connectivity index (χ3n) is 0.910. The molecule has 0 saturated carbocycles. The number of phenols is 1. The van der Waals surface area contributed by atoms with Crippen molar-refractivity contribution >= 4 is 29.2 Å². The van der Waals surface area contributed by atoms with Gasteiger partial charge in [-0.2, -0.15) is 0 Å². The zero-order chi connectivity index (χ0) is 10.4. The number of carbonyl (C=O) groups is 1. The first kappa shape index (κ1) is 16.1. The number of phenolic OH excluding ortho intramolecular Hbond substituents is 1. The maximum atomic E-state index is 8.89. The summed E-state index contributed by atoms with van der Waals surface area (Å²) in [7, 11) is 0. The molecular weight excluding hydrogens is 280 g/mol.